The normalized spacial score (nSPS) is 14.8. The third-order valence-electron chi connectivity index (χ3n) is 3.47. The second-order valence-corrected chi connectivity index (χ2v) is 5.20. The van der Waals surface area contributed by atoms with Gasteiger partial charge in [-0.25, -0.2) is 4.98 Å². The molecule has 2 rings (SSSR count). The van der Waals surface area contributed by atoms with E-state index in [1.54, 1.807) is 0 Å². The van der Waals surface area contributed by atoms with Crippen LogP contribution in [0.3, 0.4) is 0 Å². The quantitative estimate of drug-likeness (QED) is 0.803. The Morgan fingerprint density at radius 2 is 2.11 bits per heavy atom. The zero-order valence-electron chi connectivity index (χ0n) is 11.9. The summed E-state index contributed by atoms with van der Waals surface area (Å²) in [5.74, 6) is 1.15. The Kier molecular flexibility index (Phi) is 4.59. The van der Waals surface area contributed by atoms with Crippen molar-refractivity contribution in [2.45, 2.75) is 52.1 Å². The summed E-state index contributed by atoms with van der Waals surface area (Å²) >= 11 is 0. The van der Waals surface area contributed by atoms with Crippen LogP contribution in [0.5, 0.6) is 0 Å². The SMILES string of the molecule is CCCc1cc(CNCC)cc(N(C)C2CC2)n1. The highest BCUT2D eigenvalue weighted by Crippen LogP contribution is 2.29. The monoisotopic (exact) mass is 247 g/mol. The zero-order chi connectivity index (χ0) is 13.0. The highest BCUT2D eigenvalue weighted by molar-refractivity contribution is 5.44. The van der Waals surface area contributed by atoms with Gasteiger partial charge in [0.1, 0.15) is 5.82 Å². The fourth-order valence-corrected chi connectivity index (χ4v) is 2.22. The average molecular weight is 247 g/mol. The largest absolute Gasteiger partial charge is 0.357 e. The molecule has 1 saturated carbocycles. The Labute approximate surface area is 111 Å². The molecule has 1 aromatic heterocycles. The van der Waals surface area contributed by atoms with E-state index in [9.17, 15) is 0 Å². The number of pyridine rings is 1. The predicted octanol–water partition coefficient (Wildman–Crippen LogP) is 2.74. The molecule has 1 heterocycles. The lowest BCUT2D eigenvalue weighted by Gasteiger charge is -2.19. The van der Waals surface area contributed by atoms with Crippen molar-refractivity contribution in [2.75, 3.05) is 18.5 Å². The summed E-state index contributed by atoms with van der Waals surface area (Å²) in [6, 6.07) is 5.21. The molecule has 0 unspecified atom stereocenters. The highest BCUT2D eigenvalue weighted by atomic mass is 15.2. The van der Waals surface area contributed by atoms with Crippen molar-refractivity contribution in [1.82, 2.24) is 10.3 Å². The number of hydrogen-bond acceptors (Lipinski definition) is 3. The van der Waals surface area contributed by atoms with Gasteiger partial charge in [-0.05, 0) is 43.5 Å². The van der Waals surface area contributed by atoms with Crippen molar-refractivity contribution in [3.63, 3.8) is 0 Å². The van der Waals surface area contributed by atoms with Gasteiger partial charge in [0.15, 0.2) is 0 Å². The van der Waals surface area contributed by atoms with Crippen LogP contribution < -0.4 is 10.2 Å². The number of nitrogens with one attached hydrogen (secondary N) is 1. The molecule has 0 amide bonds. The standard InChI is InChI=1S/C15H25N3/c1-4-6-13-9-12(11-16-5-2)10-15(17-13)18(3)14-7-8-14/h9-10,14,16H,4-8,11H2,1-3H3. The molecule has 1 N–H and O–H groups in total. The molecule has 1 aliphatic carbocycles. The summed E-state index contributed by atoms with van der Waals surface area (Å²) in [6.07, 6.45) is 4.87. The molecule has 0 radical (unpaired) electrons. The molecule has 0 saturated heterocycles. The number of anilines is 1. The topological polar surface area (TPSA) is 28.2 Å². The molecular formula is C15H25N3. The van der Waals surface area contributed by atoms with E-state index >= 15 is 0 Å². The molecule has 3 heteroatoms. The summed E-state index contributed by atoms with van der Waals surface area (Å²) in [5.41, 5.74) is 2.59. The van der Waals surface area contributed by atoms with E-state index in [2.05, 4.69) is 43.2 Å². The lowest BCUT2D eigenvalue weighted by atomic mass is 10.1. The van der Waals surface area contributed by atoms with E-state index in [4.69, 9.17) is 4.98 Å². The third-order valence-corrected chi connectivity index (χ3v) is 3.47. The van der Waals surface area contributed by atoms with Gasteiger partial charge in [0, 0.05) is 25.3 Å². The van der Waals surface area contributed by atoms with E-state index in [0.29, 0.717) is 0 Å². The summed E-state index contributed by atoms with van der Waals surface area (Å²) < 4.78 is 0. The Morgan fingerprint density at radius 1 is 1.33 bits per heavy atom. The number of rotatable bonds is 7. The van der Waals surface area contributed by atoms with Crippen LogP contribution >= 0.6 is 0 Å². The molecule has 0 spiro atoms. The van der Waals surface area contributed by atoms with E-state index < -0.39 is 0 Å². The van der Waals surface area contributed by atoms with E-state index in [0.717, 1.165) is 37.8 Å². The van der Waals surface area contributed by atoms with Gasteiger partial charge in [0.05, 0.1) is 0 Å². The lowest BCUT2D eigenvalue weighted by Crippen LogP contribution is -2.22. The van der Waals surface area contributed by atoms with Gasteiger partial charge < -0.3 is 10.2 Å². The van der Waals surface area contributed by atoms with Gasteiger partial charge in [-0.2, -0.15) is 0 Å². The molecule has 0 aliphatic heterocycles. The van der Waals surface area contributed by atoms with Crippen molar-refractivity contribution in [3.8, 4) is 0 Å². The first-order valence-corrected chi connectivity index (χ1v) is 7.18. The maximum atomic E-state index is 4.79. The molecular weight excluding hydrogens is 222 g/mol. The molecule has 100 valence electrons. The van der Waals surface area contributed by atoms with Crippen molar-refractivity contribution in [1.29, 1.82) is 0 Å². The highest BCUT2D eigenvalue weighted by Gasteiger charge is 2.27. The minimum Gasteiger partial charge on any atom is -0.357 e. The molecule has 1 fully saturated rings. The number of aromatic nitrogens is 1. The lowest BCUT2D eigenvalue weighted by molar-refractivity contribution is 0.721. The van der Waals surface area contributed by atoms with E-state index in [-0.39, 0.29) is 0 Å². The van der Waals surface area contributed by atoms with Crippen molar-refractivity contribution < 1.29 is 0 Å². The molecule has 0 bridgehead atoms. The van der Waals surface area contributed by atoms with Gasteiger partial charge >= 0.3 is 0 Å². The maximum Gasteiger partial charge on any atom is 0.129 e. The molecule has 0 aromatic carbocycles. The van der Waals surface area contributed by atoms with Gasteiger partial charge in [0.2, 0.25) is 0 Å². The molecule has 0 atom stereocenters. The van der Waals surface area contributed by atoms with Gasteiger partial charge in [0.25, 0.3) is 0 Å². The van der Waals surface area contributed by atoms with Crippen molar-refractivity contribution in [2.24, 2.45) is 0 Å². The fraction of sp³-hybridized carbons (Fsp3) is 0.667. The van der Waals surface area contributed by atoms with E-state index in [1.165, 1.54) is 24.1 Å². The van der Waals surface area contributed by atoms with Crippen LogP contribution in [-0.4, -0.2) is 24.6 Å². The summed E-state index contributed by atoms with van der Waals surface area (Å²) in [6.45, 7) is 6.31. The van der Waals surface area contributed by atoms with Crippen LogP contribution in [-0.2, 0) is 13.0 Å². The first kappa shape index (κ1) is 13.3. The van der Waals surface area contributed by atoms with Gasteiger partial charge in [-0.1, -0.05) is 20.3 Å². The second-order valence-electron chi connectivity index (χ2n) is 5.20. The number of aryl methyl sites for hydroxylation is 1. The van der Waals surface area contributed by atoms with Crippen LogP contribution in [0, 0.1) is 0 Å². The van der Waals surface area contributed by atoms with Crippen LogP contribution in [0.15, 0.2) is 12.1 Å². The summed E-state index contributed by atoms with van der Waals surface area (Å²) in [4.78, 5) is 7.13. The molecule has 1 aromatic rings. The van der Waals surface area contributed by atoms with Crippen LogP contribution in [0.1, 0.15) is 44.4 Å². The Hall–Kier alpha value is -1.09. The Bertz CT molecular complexity index is 385. The summed E-state index contributed by atoms with van der Waals surface area (Å²) in [7, 11) is 2.17. The number of hydrogen-bond donors (Lipinski definition) is 1. The van der Waals surface area contributed by atoms with Crippen LogP contribution in [0.25, 0.3) is 0 Å². The average Bonchev–Trinajstić information content (AvgIpc) is 3.20. The Morgan fingerprint density at radius 3 is 2.72 bits per heavy atom. The number of nitrogens with zero attached hydrogens (tertiary/aromatic N) is 2. The van der Waals surface area contributed by atoms with Crippen molar-refractivity contribution in [3.05, 3.63) is 23.4 Å². The maximum absolute atomic E-state index is 4.79. The van der Waals surface area contributed by atoms with Gasteiger partial charge in [-0.3, -0.25) is 0 Å². The minimum absolute atomic E-state index is 0.723. The first-order valence-electron chi connectivity index (χ1n) is 7.18. The smallest absolute Gasteiger partial charge is 0.129 e. The molecule has 3 nitrogen and oxygen atoms in total. The molecule has 18 heavy (non-hydrogen) atoms. The second kappa shape index (κ2) is 6.19. The van der Waals surface area contributed by atoms with Crippen LogP contribution in [0.2, 0.25) is 0 Å². The minimum atomic E-state index is 0.723. The predicted molar refractivity (Wildman–Crippen MR) is 77.0 cm³/mol. The third kappa shape index (κ3) is 3.45. The zero-order valence-corrected chi connectivity index (χ0v) is 11.9. The summed E-state index contributed by atoms with van der Waals surface area (Å²) in [5, 5.41) is 3.40. The van der Waals surface area contributed by atoms with Crippen LogP contribution in [0.4, 0.5) is 5.82 Å². The van der Waals surface area contributed by atoms with Gasteiger partial charge in [-0.15, -0.1) is 0 Å². The van der Waals surface area contributed by atoms with Crippen molar-refractivity contribution >= 4 is 5.82 Å². The Balaban J connectivity index is 2.17. The molecule has 1 aliphatic rings. The first-order chi connectivity index (χ1) is 8.74. The fourth-order valence-electron chi connectivity index (χ4n) is 2.22. The van der Waals surface area contributed by atoms with E-state index in [1.807, 2.05) is 0 Å².